The molecule has 3 rings (SSSR count). The Morgan fingerprint density at radius 1 is 1.19 bits per heavy atom. The monoisotopic (exact) mass is 383 g/mol. The number of primary amides is 1. The second-order valence-corrected chi connectivity index (χ2v) is 6.17. The van der Waals surface area contributed by atoms with E-state index in [1.54, 1.807) is 30.5 Å². The number of rotatable bonds is 6. The molecule has 27 heavy (non-hydrogen) atoms. The van der Waals surface area contributed by atoms with E-state index < -0.39 is 5.91 Å². The Morgan fingerprint density at radius 2 is 2.00 bits per heavy atom. The maximum absolute atomic E-state index is 11.5. The molecule has 0 fully saturated rings. The van der Waals surface area contributed by atoms with Gasteiger partial charge in [-0.3, -0.25) is 9.78 Å². The van der Waals surface area contributed by atoms with Crippen LogP contribution in [0.2, 0.25) is 5.02 Å². The summed E-state index contributed by atoms with van der Waals surface area (Å²) in [6, 6.07) is 10.6. The molecule has 1 aromatic carbocycles. The Hall–Kier alpha value is -3.12. The van der Waals surface area contributed by atoms with Crippen LogP contribution >= 0.6 is 11.6 Å². The quantitative estimate of drug-likeness (QED) is 0.687. The lowest BCUT2D eigenvalue weighted by Gasteiger charge is -2.11. The minimum atomic E-state index is -0.441. The smallest absolute Gasteiger partial charge is 0.257 e. The number of carbonyl (C=O) groups is 1. The van der Waals surface area contributed by atoms with Gasteiger partial charge in [0.2, 0.25) is 5.91 Å². The van der Waals surface area contributed by atoms with Crippen LogP contribution in [0, 0.1) is 0 Å². The fraction of sp³-hybridized carbons (Fsp3) is 0.150. The van der Waals surface area contributed by atoms with Crippen LogP contribution in [0.5, 0.6) is 17.4 Å². The highest BCUT2D eigenvalue weighted by Gasteiger charge is 2.12. The first-order valence-corrected chi connectivity index (χ1v) is 8.66. The van der Waals surface area contributed by atoms with Crippen molar-refractivity contribution < 1.29 is 14.3 Å². The molecular weight excluding hydrogens is 366 g/mol. The Kier molecular flexibility index (Phi) is 5.57. The number of hydrogen-bond acceptors (Lipinski definition) is 5. The molecule has 3 aromatic rings. The molecular formula is C20H18ClN3O3. The Labute approximate surface area is 161 Å². The molecule has 6 nitrogen and oxygen atoms in total. The number of benzene rings is 1. The summed E-state index contributed by atoms with van der Waals surface area (Å²) >= 11 is 5.99. The van der Waals surface area contributed by atoms with Gasteiger partial charge in [0, 0.05) is 35.7 Å². The molecule has 0 aliphatic rings. The summed E-state index contributed by atoms with van der Waals surface area (Å²) in [6.07, 6.45) is 3.81. The summed E-state index contributed by atoms with van der Waals surface area (Å²) < 4.78 is 11.1. The molecule has 0 radical (unpaired) electrons. The largest absolute Gasteiger partial charge is 0.478 e. The van der Waals surface area contributed by atoms with E-state index in [-0.39, 0.29) is 0 Å². The van der Waals surface area contributed by atoms with Gasteiger partial charge in [0.1, 0.15) is 5.75 Å². The van der Waals surface area contributed by atoms with E-state index in [1.165, 1.54) is 13.3 Å². The number of aromatic nitrogens is 2. The third kappa shape index (κ3) is 4.17. The normalized spacial score (nSPS) is 10.5. The average Bonchev–Trinajstić information content (AvgIpc) is 2.67. The van der Waals surface area contributed by atoms with Gasteiger partial charge in [-0.2, -0.15) is 0 Å². The molecule has 0 aliphatic heterocycles. The van der Waals surface area contributed by atoms with Crippen LogP contribution < -0.4 is 15.2 Å². The van der Waals surface area contributed by atoms with E-state index in [0.717, 1.165) is 11.1 Å². The summed E-state index contributed by atoms with van der Waals surface area (Å²) in [5, 5.41) is 0.440. The molecule has 1 amide bonds. The molecule has 0 saturated carbocycles. The van der Waals surface area contributed by atoms with Gasteiger partial charge in [-0.15, -0.1) is 0 Å². The molecule has 0 bridgehead atoms. The molecule has 0 unspecified atom stereocenters. The fourth-order valence-electron chi connectivity index (χ4n) is 2.68. The Balaban J connectivity index is 1.95. The first-order valence-electron chi connectivity index (χ1n) is 8.28. The highest BCUT2D eigenvalue weighted by Crippen LogP contribution is 2.33. The lowest BCUT2D eigenvalue weighted by Crippen LogP contribution is -2.13. The van der Waals surface area contributed by atoms with Crippen molar-refractivity contribution in [2.24, 2.45) is 5.73 Å². The van der Waals surface area contributed by atoms with E-state index in [4.69, 9.17) is 26.8 Å². The number of amides is 1. The maximum Gasteiger partial charge on any atom is 0.257 e. The summed E-state index contributed by atoms with van der Waals surface area (Å²) in [4.78, 5) is 20.0. The van der Waals surface area contributed by atoms with Crippen molar-refractivity contribution in [3.8, 4) is 28.6 Å². The zero-order valence-corrected chi connectivity index (χ0v) is 15.7. The lowest BCUT2D eigenvalue weighted by atomic mass is 9.99. The molecule has 7 heteroatoms. The van der Waals surface area contributed by atoms with Gasteiger partial charge in [0.25, 0.3) is 5.88 Å². The number of aryl methyl sites for hydroxylation is 1. The first-order chi connectivity index (χ1) is 13.0. The van der Waals surface area contributed by atoms with Gasteiger partial charge < -0.3 is 15.2 Å². The number of ether oxygens (including phenoxy) is 2. The predicted molar refractivity (Wildman–Crippen MR) is 103 cm³/mol. The minimum absolute atomic E-state index is 0.330. The van der Waals surface area contributed by atoms with Crippen molar-refractivity contribution in [3.63, 3.8) is 0 Å². The zero-order chi connectivity index (χ0) is 19.4. The molecule has 0 spiro atoms. The summed E-state index contributed by atoms with van der Waals surface area (Å²) in [7, 11) is 1.51. The van der Waals surface area contributed by atoms with E-state index in [1.807, 2.05) is 19.1 Å². The van der Waals surface area contributed by atoms with E-state index in [2.05, 4.69) is 9.97 Å². The minimum Gasteiger partial charge on any atom is -0.478 e. The van der Waals surface area contributed by atoms with Crippen LogP contribution in [0.15, 0.2) is 48.8 Å². The van der Waals surface area contributed by atoms with Crippen LogP contribution in [0.3, 0.4) is 0 Å². The van der Waals surface area contributed by atoms with E-state index in [9.17, 15) is 4.79 Å². The topological polar surface area (TPSA) is 87.3 Å². The van der Waals surface area contributed by atoms with Crippen LogP contribution in [0.1, 0.15) is 22.8 Å². The van der Waals surface area contributed by atoms with Gasteiger partial charge in [-0.1, -0.05) is 24.6 Å². The summed E-state index contributed by atoms with van der Waals surface area (Å²) in [5.41, 5.74) is 8.37. The number of hydrogen-bond donors (Lipinski definition) is 1. The molecule has 0 aliphatic carbocycles. The Morgan fingerprint density at radius 3 is 2.70 bits per heavy atom. The maximum atomic E-state index is 11.5. The number of nitrogens with zero attached hydrogens (tertiary/aromatic N) is 2. The number of nitrogens with two attached hydrogens (primary N) is 1. The number of pyridine rings is 2. The number of halogens is 1. The van der Waals surface area contributed by atoms with Crippen molar-refractivity contribution in [2.45, 2.75) is 13.3 Å². The lowest BCUT2D eigenvalue weighted by molar-refractivity contribution is 0.0999. The second-order valence-electron chi connectivity index (χ2n) is 5.73. The number of carbonyl (C=O) groups excluding carboxylic acids is 1. The van der Waals surface area contributed by atoms with Gasteiger partial charge in [-0.25, -0.2) is 4.98 Å². The number of methoxy groups -OCH3 is 1. The van der Waals surface area contributed by atoms with Crippen LogP contribution in [0.4, 0.5) is 0 Å². The highest BCUT2D eigenvalue weighted by molar-refractivity contribution is 6.30. The molecule has 2 heterocycles. The predicted octanol–water partition coefficient (Wildman–Crippen LogP) is 4.26. The van der Waals surface area contributed by atoms with E-state index in [0.29, 0.717) is 40.1 Å². The molecule has 2 aromatic heterocycles. The van der Waals surface area contributed by atoms with Gasteiger partial charge in [0.15, 0.2) is 5.75 Å². The standard InChI is InChI=1S/C20H18ClN3O3/c1-3-12-8-13(4-5-16(12)19(22)25)17-10-15(6-7-23-17)27-18-9-14(21)11-24-20(18)26-2/h4-11H,3H2,1-2H3,(H2,22,25). The first kappa shape index (κ1) is 18.7. The molecule has 0 saturated heterocycles. The van der Waals surface area contributed by atoms with Crippen molar-refractivity contribution in [1.82, 2.24) is 9.97 Å². The second kappa shape index (κ2) is 8.05. The van der Waals surface area contributed by atoms with Crippen molar-refractivity contribution in [1.29, 1.82) is 0 Å². The molecule has 0 atom stereocenters. The van der Waals surface area contributed by atoms with Crippen LogP contribution in [0.25, 0.3) is 11.3 Å². The van der Waals surface area contributed by atoms with Crippen molar-refractivity contribution in [3.05, 3.63) is 64.9 Å². The van der Waals surface area contributed by atoms with E-state index >= 15 is 0 Å². The van der Waals surface area contributed by atoms with Gasteiger partial charge in [0.05, 0.1) is 17.8 Å². The van der Waals surface area contributed by atoms with Crippen LogP contribution in [-0.2, 0) is 6.42 Å². The van der Waals surface area contributed by atoms with Crippen molar-refractivity contribution >= 4 is 17.5 Å². The SMILES string of the molecule is CCc1cc(-c2cc(Oc3cc(Cl)cnc3OC)ccn2)ccc1C(N)=O. The van der Waals surface area contributed by atoms with Crippen molar-refractivity contribution in [2.75, 3.05) is 7.11 Å². The zero-order valence-electron chi connectivity index (χ0n) is 14.9. The molecule has 2 N–H and O–H groups in total. The summed E-state index contributed by atoms with van der Waals surface area (Å²) in [5.74, 6) is 0.848. The average molecular weight is 384 g/mol. The summed E-state index contributed by atoms with van der Waals surface area (Å²) in [6.45, 7) is 1.97. The van der Waals surface area contributed by atoms with Crippen LogP contribution in [-0.4, -0.2) is 23.0 Å². The fourth-order valence-corrected chi connectivity index (χ4v) is 2.83. The van der Waals surface area contributed by atoms with Gasteiger partial charge in [-0.05, 0) is 30.2 Å². The third-order valence-electron chi connectivity index (χ3n) is 3.98. The molecule has 138 valence electrons. The third-order valence-corrected chi connectivity index (χ3v) is 4.19. The Bertz CT molecular complexity index is 992. The van der Waals surface area contributed by atoms with Gasteiger partial charge >= 0.3 is 0 Å². The highest BCUT2D eigenvalue weighted by atomic mass is 35.5.